The highest BCUT2D eigenvalue weighted by Gasteiger charge is 2.39. The van der Waals surface area contributed by atoms with Crippen molar-refractivity contribution in [3.05, 3.63) is 30.2 Å². The van der Waals surface area contributed by atoms with E-state index < -0.39 is 12.5 Å². The molecule has 1 aromatic heterocycles. The molecule has 0 saturated heterocycles. The summed E-state index contributed by atoms with van der Waals surface area (Å²) in [5.41, 5.74) is 1.50. The van der Waals surface area contributed by atoms with E-state index in [1.165, 1.54) is 0 Å². The topological polar surface area (TPSA) is 52.3 Å². The Balaban J connectivity index is 2.34. The minimum atomic E-state index is -2.84. The Hall–Kier alpha value is -1.12. The summed E-state index contributed by atoms with van der Waals surface area (Å²) in [7, 11) is -2.84. The number of fused-ring (bicyclic) bond motifs is 1. The van der Waals surface area contributed by atoms with Crippen LogP contribution in [0.5, 0.6) is 0 Å². The molecular formula is C14H20NO3P. The molecule has 0 aliphatic heterocycles. The van der Waals surface area contributed by atoms with Crippen LogP contribution >= 0.6 is 7.37 Å². The molecule has 0 saturated carbocycles. The molecule has 0 spiro atoms. The molecule has 2 aromatic rings. The normalized spacial score (nSPS) is 15.6. The molecule has 4 nitrogen and oxygen atoms in total. The number of hydrogen-bond acceptors (Lipinski definition) is 4. The zero-order valence-electron chi connectivity index (χ0n) is 11.8. The first kappa shape index (κ1) is 14.3. The molecule has 1 aromatic carbocycles. The van der Waals surface area contributed by atoms with Crippen LogP contribution in [0, 0.1) is 0 Å². The fourth-order valence-electron chi connectivity index (χ4n) is 1.85. The number of rotatable bonds is 4. The lowest BCUT2D eigenvalue weighted by Gasteiger charge is -2.29. The maximum Gasteiger partial charge on any atom is 0.217 e. The molecule has 0 fully saturated rings. The fourth-order valence-corrected chi connectivity index (χ4v) is 3.71. The monoisotopic (exact) mass is 281 g/mol. The third-order valence-electron chi connectivity index (χ3n) is 3.04. The van der Waals surface area contributed by atoms with Gasteiger partial charge in [0.15, 0.2) is 5.58 Å². The van der Waals surface area contributed by atoms with Crippen molar-refractivity contribution in [2.75, 3.05) is 6.61 Å². The lowest BCUT2D eigenvalue weighted by atomic mass is 10.3. The molecule has 1 atom stereocenters. The van der Waals surface area contributed by atoms with Gasteiger partial charge in [-0.1, -0.05) is 32.9 Å². The molecular weight excluding hydrogens is 261 g/mol. The first-order chi connectivity index (χ1) is 8.86. The zero-order chi connectivity index (χ0) is 14.1. The second kappa shape index (κ2) is 5.10. The number of hydrogen-bond donors (Lipinski definition) is 0. The molecule has 0 N–H and O–H groups in total. The van der Waals surface area contributed by atoms with E-state index in [0.717, 1.165) is 11.1 Å². The average molecular weight is 281 g/mol. The third kappa shape index (κ3) is 2.90. The van der Waals surface area contributed by atoms with Gasteiger partial charge >= 0.3 is 0 Å². The number of oxazole rings is 1. The van der Waals surface area contributed by atoms with Crippen molar-refractivity contribution in [2.24, 2.45) is 0 Å². The van der Waals surface area contributed by atoms with Gasteiger partial charge < -0.3 is 8.94 Å². The summed E-state index contributed by atoms with van der Waals surface area (Å²) in [5, 5.41) is -0.427. The third-order valence-corrected chi connectivity index (χ3v) is 6.45. The van der Waals surface area contributed by atoms with Gasteiger partial charge in [0.1, 0.15) is 11.7 Å². The van der Waals surface area contributed by atoms with E-state index >= 15 is 0 Å². The highest BCUT2D eigenvalue weighted by Crippen LogP contribution is 2.60. The van der Waals surface area contributed by atoms with E-state index in [0.29, 0.717) is 12.5 Å². The van der Waals surface area contributed by atoms with Crippen molar-refractivity contribution in [1.29, 1.82) is 0 Å². The van der Waals surface area contributed by atoms with Crippen molar-refractivity contribution in [3.63, 3.8) is 0 Å². The first-order valence-corrected chi connectivity index (χ1v) is 8.25. The van der Waals surface area contributed by atoms with Gasteiger partial charge in [0.25, 0.3) is 0 Å². The Kier molecular flexibility index (Phi) is 3.84. The highest BCUT2D eigenvalue weighted by molar-refractivity contribution is 7.59. The van der Waals surface area contributed by atoms with Crippen LogP contribution < -0.4 is 0 Å². The fraction of sp³-hybridized carbons (Fsp3) is 0.500. The number of benzene rings is 1. The lowest BCUT2D eigenvalue weighted by molar-refractivity contribution is 0.312. The summed E-state index contributed by atoms with van der Waals surface area (Å²) in [6.07, 6.45) is 0.235. The molecule has 2 rings (SSSR count). The molecule has 1 unspecified atom stereocenters. The minimum Gasteiger partial charge on any atom is -0.440 e. The smallest absolute Gasteiger partial charge is 0.217 e. The molecule has 5 heteroatoms. The predicted molar refractivity (Wildman–Crippen MR) is 76.7 cm³/mol. The maximum atomic E-state index is 13.0. The first-order valence-electron chi connectivity index (χ1n) is 6.44. The van der Waals surface area contributed by atoms with Gasteiger partial charge in [-0.15, -0.1) is 0 Å². The highest BCUT2D eigenvalue weighted by atomic mass is 31.2. The van der Waals surface area contributed by atoms with Gasteiger partial charge in [-0.2, -0.15) is 0 Å². The van der Waals surface area contributed by atoms with Crippen LogP contribution in [-0.4, -0.2) is 16.7 Å². The van der Waals surface area contributed by atoms with Gasteiger partial charge in [0.2, 0.25) is 13.3 Å². The van der Waals surface area contributed by atoms with Gasteiger partial charge in [-0.25, -0.2) is 4.98 Å². The largest absolute Gasteiger partial charge is 0.440 e. The van der Waals surface area contributed by atoms with Gasteiger partial charge in [-0.05, 0) is 19.1 Å². The average Bonchev–Trinajstić information content (AvgIpc) is 2.69. The van der Waals surface area contributed by atoms with E-state index in [2.05, 4.69) is 4.98 Å². The number of aromatic nitrogens is 1. The van der Waals surface area contributed by atoms with Crippen LogP contribution in [0.3, 0.4) is 0 Å². The Labute approximate surface area is 113 Å². The Morgan fingerprint density at radius 1 is 1.32 bits per heavy atom. The summed E-state index contributed by atoms with van der Waals surface area (Å²) in [5.74, 6) is 0.480. The molecule has 0 aliphatic rings. The Morgan fingerprint density at radius 3 is 2.58 bits per heavy atom. The molecule has 0 bridgehead atoms. The molecule has 19 heavy (non-hydrogen) atoms. The molecule has 104 valence electrons. The van der Waals surface area contributed by atoms with Crippen molar-refractivity contribution in [1.82, 2.24) is 4.98 Å². The predicted octanol–water partition coefficient (Wildman–Crippen LogP) is 4.44. The van der Waals surface area contributed by atoms with Crippen LogP contribution in [0.1, 0.15) is 33.6 Å². The van der Waals surface area contributed by atoms with Crippen molar-refractivity contribution in [3.8, 4) is 0 Å². The summed E-state index contributed by atoms with van der Waals surface area (Å²) < 4.78 is 24.1. The number of para-hydroxylation sites is 2. The molecule has 0 radical (unpaired) electrons. The van der Waals surface area contributed by atoms with E-state index in [-0.39, 0.29) is 6.16 Å². The summed E-state index contributed by atoms with van der Waals surface area (Å²) in [6, 6.07) is 7.53. The van der Waals surface area contributed by atoms with Crippen LogP contribution in [0.4, 0.5) is 0 Å². The van der Waals surface area contributed by atoms with E-state index in [4.69, 9.17) is 8.94 Å². The minimum absolute atomic E-state index is 0.235. The lowest BCUT2D eigenvalue weighted by Crippen LogP contribution is -2.18. The Morgan fingerprint density at radius 2 is 2.00 bits per heavy atom. The summed E-state index contributed by atoms with van der Waals surface area (Å²) in [4.78, 5) is 4.37. The summed E-state index contributed by atoms with van der Waals surface area (Å²) in [6.45, 7) is 8.05. The van der Waals surface area contributed by atoms with E-state index in [9.17, 15) is 4.57 Å². The SMILES string of the molecule is CCOP(=O)(Cc1nc2ccccc2o1)C(C)(C)C. The van der Waals surface area contributed by atoms with Crippen molar-refractivity contribution < 1.29 is 13.5 Å². The van der Waals surface area contributed by atoms with Crippen LogP contribution in [0.25, 0.3) is 11.1 Å². The Bertz CT molecular complexity index is 579. The van der Waals surface area contributed by atoms with Crippen LogP contribution in [-0.2, 0) is 15.3 Å². The summed E-state index contributed by atoms with van der Waals surface area (Å²) >= 11 is 0. The van der Waals surface area contributed by atoms with Crippen molar-refractivity contribution in [2.45, 2.75) is 39.0 Å². The zero-order valence-corrected chi connectivity index (χ0v) is 12.7. The van der Waals surface area contributed by atoms with Crippen molar-refractivity contribution >= 4 is 18.5 Å². The maximum absolute atomic E-state index is 13.0. The number of nitrogens with zero attached hydrogens (tertiary/aromatic N) is 1. The quantitative estimate of drug-likeness (QED) is 0.777. The standard InChI is InChI=1S/C14H20NO3P/c1-5-17-19(16,14(2,3)4)10-13-15-11-8-6-7-9-12(11)18-13/h6-9H,5,10H2,1-4H3. The second-order valence-electron chi connectivity index (χ2n) is 5.50. The molecule has 1 heterocycles. The van der Waals surface area contributed by atoms with E-state index in [1.807, 2.05) is 52.0 Å². The molecule has 0 aliphatic carbocycles. The molecule has 0 amide bonds. The van der Waals surface area contributed by atoms with Gasteiger partial charge in [0, 0.05) is 5.16 Å². The van der Waals surface area contributed by atoms with E-state index in [1.54, 1.807) is 0 Å². The van der Waals surface area contributed by atoms with Crippen LogP contribution in [0.2, 0.25) is 0 Å². The van der Waals surface area contributed by atoms with Crippen LogP contribution in [0.15, 0.2) is 28.7 Å². The van der Waals surface area contributed by atoms with Gasteiger partial charge in [-0.3, -0.25) is 4.57 Å². The second-order valence-corrected chi connectivity index (χ2v) is 8.76. The van der Waals surface area contributed by atoms with Gasteiger partial charge in [0.05, 0.1) is 6.61 Å².